The van der Waals surface area contributed by atoms with E-state index in [0.29, 0.717) is 48.4 Å². The van der Waals surface area contributed by atoms with Gasteiger partial charge in [-0.25, -0.2) is 13.4 Å². The molecule has 1 aliphatic rings. The van der Waals surface area contributed by atoms with E-state index < -0.39 is 10.0 Å². The molecule has 3 heterocycles. The molecule has 32 heavy (non-hydrogen) atoms. The Bertz CT molecular complexity index is 1240. The van der Waals surface area contributed by atoms with E-state index in [9.17, 15) is 8.42 Å². The Hall–Kier alpha value is -2.95. The first-order chi connectivity index (χ1) is 15.4. The molecule has 0 radical (unpaired) electrons. The van der Waals surface area contributed by atoms with Crippen LogP contribution in [-0.2, 0) is 16.6 Å². The maximum atomic E-state index is 12.1. The van der Waals surface area contributed by atoms with Gasteiger partial charge in [0.05, 0.1) is 23.3 Å². The van der Waals surface area contributed by atoms with Crippen molar-refractivity contribution in [2.24, 2.45) is 0 Å². The van der Waals surface area contributed by atoms with Crippen molar-refractivity contribution in [1.29, 1.82) is 0 Å². The summed E-state index contributed by atoms with van der Waals surface area (Å²) in [6.07, 6.45) is 4.17. The van der Waals surface area contributed by atoms with E-state index in [4.69, 9.17) is 9.40 Å². The molecular formula is C22H28N6O3S. The highest BCUT2D eigenvalue weighted by Crippen LogP contribution is 2.27. The number of hydrogen-bond donors (Lipinski definition) is 1. The molecule has 9 nitrogen and oxygen atoms in total. The van der Waals surface area contributed by atoms with Crippen molar-refractivity contribution >= 4 is 15.6 Å². The standard InChI is InChI=1S/C22H26N6O3S.H2/c1-4-32(29,30)28-11-9-17(10-12-28)19-14-24-15(2)20(25-19)22-27-26-21(31-22)18-7-5-16(6-8-18)13-23-3;/h5-9,14,23H,4,10-13H2,1-3H3;1H. The largest absolute Gasteiger partial charge is 0.415 e. The fraction of sp³-hybridized carbons (Fsp3) is 0.364. The number of aryl methyl sites for hydroxylation is 1. The molecule has 0 bridgehead atoms. The Morgan fingerprint density at radius 3 is 2.59 bits per heavy atom. The Morgan fingerprint density at radius 1 is 1.19 bits per heavy atom. The first-order valence-corrected chi connectivity index (χ1v) is 12.1. The van der Waals surface area contributed by atoms with Gasteiger partial charge in [-0.3, -0.25) is 4.98 Å². The Morgan fingerprint density at radius 2 is 1.94 bits per heavy atom. The minimum Gasteiger partial charge on any atom is -0.415 e. The second-order valence-electron chi connectivity index (χ2n) is 7.57. The third kappa shape index (κ3) is 4.62. The lowest BCUT2D eigenvalue weighted by Gasteiger charge is -2.25. The molecule has 0 saturated heterocycles. The molecule has 0 aliphatic carbocycles. The minimum absolute atomic E-state index is 0. The van der Waals surface area contributed by atoms with Gasteiger partial charge >= 0.3 is 0 Å². The van der Waals surface area contributed by atoms with E-state index in [-0.39, 0.29) is 7.18 Å². The lowest BCUT2D eigenvalue weighted by atomic mass is 10.1. The van der Waals surface area contributed by atoms with E-state index in [0.717, 1.165) is 23.2 Å². The first kappa shape index (κ1) is 22.3. The molecule has 0 amide bonds. The van der Waals surface area contributed by atoms with Crippen LogP contribution < -0.4 is 5.32 Å². The molecule has 10 heteroatoms. The van der Waals surface area contributed by atoms with Gasteiger partial charge in [0.2, 0.25) is 15.9 Å². The molecule has 170 valence electrons. The van der Waals surface area contributed by atoms with Crippen molar-refractivity contribution in [1.82, 2.24) is 29.8 Å². The summed E-state index contributed by atoms with van der Waals surface area (Å²) < 4.78 is 31.6. The second kappa shape index (κ2) is 9.27. The van der Waals surface area contributed by atoms with Gasteiger partial charge in [-0.2, -0.15) is 4.31 Å². The average Bonchev–Trinajstić information content (AvgIpc) is 3.30. The van der Waals surface area contributed by atoms with Gasteiger partial charge in [-0.1, -0.05) is 18.2 Å². The van der Waals surface area contributed by atoms with Crippen LogP contribution in [0.1, 0.15) is 31.7 Å². The molecule has 1 aliphatic heterocycles. The summed E-state index contributed by atoms with van der Waals surface area (Å²) in [4.78, 5) is 9.17. The maximum absolute atomic E-state index is 12.1. The third-order valence-corrected chi connectivity index (χ3v) is 7.27. The van der Waals surface area contributed by atoms with E-state index in [1.807, 2.05) is 44.3 Å². The highest BCUT2D eigenvalue weighted by molar-refractivity contribution is 7.89. The van der Waals surface area contributed by atoms with Crippen LogP contribution in [-0.4, -0.2) is 58.8 Å². The number of nitrogens with zero attached hydrogens (tertiary/aromatic N) is 5. The average molecular weight is 457 g/mol. The number of hydrogen-bond acceptors (Lipinski definition) is 8. The van der Waals surface area contributed by atoms with Crippen LogP contribution in [0.4, 0.5) is 0 Å². The summed E-state index contributed by atoms with van der Waals surface area (Å²) in [5.74, 6) is 0.820. The molecular weight excluding hydrogens is 428 g/mol. The first-order valence-electron chi connectivity index (χ1n) is 10.5. The Labute approximate surface area is 189 Å². The maximum Gasteiger partial charge on any atom is 0.268 e. The van der Waals surface area contributed by atoms with Gasteiger partial charge in [0.1, 0.15) is 5.69 Å². The lowest BCUT2D eigenvalue weighted by Crippen LogP contribution is -2.35. The molecule has 2 aromatic heterocycles. The van der Waals surface area contributed by atoms with Crippen LogP contribution >= 0.6 is 0 Å². The smallest absolute Gasteiger partial charge is 0.268 e. The highest BCUT2D eigenvalue weighted by atomic mass is 32.2. The summed E-state index contributed by atoms with van der Waals surface area (Å²) in [7, 11) is -1.29. The molecule has 1 aromatic carbocycles. The number of rotatable bonds is 7. The van der Waals surface area contributed by atoms with Crippen LogP contribution in [0, 0.1) is 6.92 Å². The fourth-order valence-electron chi connectivity index (χ4n) is 3.53. The molecule has 3 aromatic rings. The molecule has 0 spiro atoms. The Kier molecular flexibility index (Phi) is 6.45. The van der Waals surface area contributed by atoms with Gasteiger partial charge in [0, 0.05) is 26.6 Å². The molecule has 0 atom stereocenters. The van der Waals surface area contributed by atoms with Gasteiger partial charge in [0.15, 0.2) is 0 Å². The van der Waals surface area contributed by atoms with E-state index >= 15 is 0 Å². The zero-order valence-electron chi connectivity index (χ0n) is 18.4. The summed E-state index contributed by atoms with van der Waals surface area (Å²) in [5.41, 5.74) is 4.85. The Balaban J connectivity index is 0.00000306. The lowest BCUT2D eigenvalue weighted by molar-refractivity contribution is 0.442. The zero-order chi connectivity index (χ0) is 22.7. The molecule has 1 N–H and O–H groups in total. The second-order valence-corrected chi connectivity index (χ2v) is 9.82. The van der Waals surface area contributed by atoms with Crippen LogP contribution in [0.25, 0.3) is 28.6 Å². The number of sulfonamides is 1. The van der Waals surface area contributed by atoms with Crippen molar-refractivity contribution in [3.8, 4) is 23.0 Å². The predicted molar refractivity (Wildman–Crippen MR) is 124 cm³/mol. The summed E-state index contributed by atoms with van der Waals surface area (Å²) in [6.45, 7) is 5.05. The molecule has 0 fully saturated rings. The topological polar surface area (TPSA) is 114 Å². The van der Waals surface area contributed by atoms with Crippen molar-refractivity contribution in [2.75, 3.05) is 25.9 Å². The molecule has 0 unspecified atom stereocenters. The SMILES string of the molecule is CCS(=O)(=O)N1CC=C(c2cnc(C)c(-c3nnc(-c4ccc(CNC)cc4)o3)n2)CC1.[HH]. The van der Waals surface area contributed by atoms with Crippen LogP contribution in [0.2, 0.25) is 0 Å². The minimum atomic E-state index is -3.20. The quantitative estimate of drug-likeness (QED) is 0.577. The van der Waals surface area contributed by atoms with Crippen LogP contribution in [0.5, 0.6) is 0 Å². The van der Waals surface area contributed by atoms with Crippen molar-refractivity contribution in [3.63, 3.8) is 0 Å². The number of benzene rings is 1. The van der Waals surface area contributed by atoms with E-state index in [1.165, 1.54) is 4.31 Å². The predicted octanol–water partition coefficient (Wildman–Crippen LogP) is 2.91. The summed E-state index contributed by atoms with van der Waals surface area (Å²) >= 11 is 0. The van der Waals surface area contributed by atoms with Crippen LogP contribution in [0.15, 0.2) is 41.0 Å². The van der Waals surface area contributed by atoms with Crippen molar-refractivity contribution in [2.45, 2.75) is 26.8 Å². The van der Waals surface area contributed by atoms with E-state index in [2.05, 4.69) is 20.5 Å². The summed E-state index contributed by atoms with van der Waals surface area (Å²) in [6, 6.07) is 7.92. The van der Waals surface area contributed by atoms with Crippen molar-refractivity contribution < 1.29 is 14.3 Å². The van der Waals surface area contributed by atoms with Crippen LogP contribution in [0.3, 0.4) is 0 Å². The van der Waals surface area contributed by atoms with E-state index in [1.54, 1.807) is 13.1 Å². The third-order valence-electron chi connectivity index (χ3n) is 5.42. The number of aromatic nitrogens is 4. The zero-order valence-corrected chi connectivity index (χ0v) is 19.2. The van der Waals surface area contributed by atoms with Gasteiger partial charge in [-0.05, 0) is 50.6 Å². The summed E-state index contributed by atoms with van der Waals surface area (Å²) in [5, 5.41) is 11.5. The molecule has 0 saturated carbocycles. The van der Waals surface area contributed by atoms with Crippen molar-refractivity contribution in [3.05, 3.63) is 53.5 Å². The number of nitrogens with one attached hydrogen (secondary N) is 1. The van der Waals surface area contributed by atoms with Gasteiger partial charge < -0.3 is 9.73 Å². The fourth-order valence-corrected chi connectivity index (χ4v) is 4.57. The monoisotopic (exact) mass is 456 g/mol. The molecule has 4 rings (SSSR count). The van der Waals surface area contributed by atoms with Gasteiger partial charge in [-0.15, -0.1) is 10.2 Å². The highest BCUT2D eigenvalue weighted by Gasteiger charge is 2.24. The van der Waals surface area contributed by atoms with Gasteiger partial charge in [0.25, 0.3) is 5.89 Å². The normalized spacial score (nSPS) is 15.0.